The number of alkyl halides is 3. The van der Waals surface area contributed by atoms with Crippen molar-refractivity contribution in [3.8, 4) is 5.88 Å². The van der Waals surface area contributed by atoms with Gasteiger partial charge in [0.1, 0.15) is 0 Å². The van der Waals surface area contributed by atoms with Crippen molar-refractivity contribution in [3.63, 3.8) is 0 Å². The lowest BCUT2D eigenvalue weighted by Gasteiger charge is -2.28. The van der Waals surface area contributed by atoms with Gasteiger partial charge in [0.25, 0.3) is 5.91 Å². The summed E-state index contributed by atoms with van der Waals surface area (Å²) in [6.45, 7) is 1.65. The second-order valence-corrected chi connectivity index (χ2v) is 6.97. The number of aliphatic hydroxyl groups excluding tert-OH is 1. The molecule has 0 aromatic carbocycles. The van der Waals surface area contributed by atoms with Crippen molar-refractivity contribution in [1.29, 1.82) is 0 Å². The van der Waals surface area contributed by atoms with Gasteiger partial charge < -0.3 is 15.2 Å². The number of amides is 1. The molecule has 6 nitrogen and oxygen atoms in total. The summed E-state index contributed by atoms with van der Waals surface area (Å²) in [5.41, 5.74) is 0.603. The lowest BCUT2D eigenvalue weighted by molar-refractivity contribution is -0.183. The Morgan fingerprint density at radius 1 is 1.36 bits per heavy atom. The highest BCUT2D eigenvalue weighted by atomic mass is 19.4. The molecule has 1 saturated carbocycles. The molecule has 0 bridgehead atoms. The first kappa shape index (κ1) is 22.1. The van der Waals surface area contributed by atoms with E-state index in [1.165, 1.54) is 13.2 Å². The predicted octanol–water partition coefficient (Wildman–Crippen LogP) is 3.37. The van der Waals surface area contributed by atoms with Gasteiger partial charge in [-0.25, -0.2) is 0 Å². The molecule has 0 unspecified atom stereocenters. The van der Waals surface area contributed by atoms with E-state index in [9.17, 15) is 23.1 Å². The Morgan fingerprint density at radius 2 is 2.04 bits per heavy atom. The van der Waals surface area contributed by atoms with Crippen LogP contribution < -0.4 is 10.1 Å². The van der Waals surface area contributed by atoms with Gasteiger partial charge in [0, 0.05) is 5.56 Å². The average molecular weight is 401 g/mol. The van der Waals surface area contributed by atoms with E-state index >= 15 is 0 Å². The minimum atomic E-state index is -4.12. The number of rotatable bonds is 7. The SMILES string of the molecule is CC[C@H](CO)NC(=O)c1cc(/C=C/[C@H]2CC[C@H](C(F)(F)F)CC2)c(OC)nn1. The van der Waals surface area contributed by atoms with Crippen molar-refractivity contribution in [1.82, 2.24) is 15.5 Å². The molecule has 1 aliphatic carbocycles. The molecule has 1 heterocycles. The molecule has 1 aromatic heterocycles. The summed E-state index contributed by atoms with van der Waals surface area (Å²) >= 11 is 0. The first-order valence-corrected chi connectivity index (χ1v) is 9.36. The quantitative estimate of drug-likeness (QED) is 0.732. The van der Waals surface area contributed by atoms with Crippen LogP contribution in [0.3, 0.4) is 0 Å². The Bertz CT molecular complexity index is 683. The molecule has 1 amide bonds. The van der Waals surface area contributed by atoms with Gasteiger partial charge in [0.15, 0.2) is 5.69 Å². The van der Waals surface area contributed by atoms with Crippen LogP contribution >= 0.6 is 0 Å². The standard InChI is InChI=1S/C19H26F3N3O3/c1-3-15(11-26)23-17(27)16-10-13(18(28-2)25-24-16)7-4-12-5-8-14(9-6-12)19(20,21)22/h4,7,10,12,14-15,26H,3,5-6,8-9,11H2,1-2H3,(H,23,27)/b7-4+/t12-,14-,15-/m1/s1. The number of nitrogens with zero attached hydrogens (tertiary/aromatic N) is 2. The highest BCUT2D eigenvalue weighted by Gasteiger charge is 2.40. The van der Waals surface area contributed by atoms with E-state index in [1.54, 1.807) is 6.08 Å². The predicted molar refractivity (Wildman–Crippen MR) is 97.8 cm³/mol. The number of allylic oxidation sites excluding steroid dienone is 1. The highest BCUT2D eigenvalue weighted by molar-refractivity contribution is 5.93. The Labute approximate surface area is 162 Å². The molecule has 0 radical (unpaired) electrons. The molecule has 1 aromatic rings. The van der Waals surface area contributed by atoms with E-state index < -0.39 is 18.0 Å². The van der Waals surface area contributed by atoms with Crippen LogP contribution in [-0.4, -0.2) is 47.1 Å². The maximum atomic E-state index is 12.8. The number of carbonyl (C=O) groups excluding carboxylic acids is 1. The molecule has 2 N–H and O–H groups in total. The molecule has 1 fully saturated rings. The van der Waals surface area contributed by atoms with Crippen LogP contribution in [0.2, 0.25) is 0 Å². The third kappa shape index (κ3) is 5.92. The fourth-order valence-corrected chi connectivity index (χ4v) is 3.20. The number of hydrogen-bond acceptors (Lipinski definition) is 5. The molecule has 0 aliphatic heterocycles. The molecule has 0 spiro atoms. The number of halogens is 3. The second-order valence-electron chi connectivity index (χ2n) is 6.97. The van der Waals surface area contributed by atoms with Gasteiger partial charge in [-0.2, -0.15) is 13.2 Å². The monoisotopic (exact) mass is 401 g/mol. The summed E-state index contributed by atoms with van der Waals surface area (Å²) in [6.07, 6.45) is 1.17. The van der Waals surface area contributed by atoms with Crippen LogP contribution in [0.15, 0.2) is 12.1 Å². The number of hydrogen-bond donors (Lipinski definition) is 2. The molecule has 1 aliphatic rings. The Morgan fingerprint density at radius 3 is 2.57 bits per heavy atom. The van der Waals surface area contributed by atoms with Crippen molar-refractivity contribution in [2.45, 2.75) is 51.2 Å². The van der Waals surface area contributed by atoms with Crippen LogP contribution in [0, 0.1) is 11.8 Å². The third-order valence-electron chi connectivity index (χ3n) is 5.04. The average Bonchev–Trinajstić information content (AvgIpc) is 2.69. The fourth-order valence-electron chi connectivity index (χ4n) is 3.20. The van der Waals surface area contributed by atoms with E-state index in [0.29, 0.717) is 24.8 Å². The van der Waals surface area contributed by atoms with E-state index in [1.807, 2.05) is 13.0 Å². The van der Waals surface area contributed by atoms with Crippen molar-refractivity contribution in [2.24, 2.45) is 11.8 Å². The van der Waals surface area contributed by atoms with Crippen LogP contribution in [0.25, 0.3) is 6.08 Å². The van der Waals surface area contributed by atoms with Crippen LogP contribution in [0.1, 0.15) is 55.1 Å². The summed E-state index contributed by atoms with van der Waals surface area (Å²) in [7, 11) is 1.43. The van der Waals surface area contributed by atoms with E-state index in [4.69, 9.17) is 4.74 Å². The zero-order valence-corrected chi connectivity index (χ0v) is 16.0. The van der Waals surface area contributed by atoms with Crippen molar-refractivity contribution in [3.05, 3.63) is 23.4 Å². The summed E-state index contributed by atoms with van der Waals surface area (Å²) in [6, 6.07) is 1.14. The maximum Gasteiger partial charge on any atom is 0.391 e. The molecule has 28 heavy (non-hydrogen) atoms. The van der Waals surface area contributed by atoms with E-state index in [2.05, 4.69) is 15.5 Å². The molecule has 1 atom stereocenters. The first-order chi connectivity index (χ1) is 13.3. The topological polar surface area (TPSA) is 84.3 Å². The number of nitrogens with one attached hydrogen (secondary N) is 1. The van der Waals surface area contributed by atoms with Gasteiger partial charge in [0.2, 0.25) is 5.88 Å². The molecular formula is C19H26F3N3O3. The fraction of sp³-hybridized carbons (Fsp3) is 0.632. The number of methoxy groups -OCH3 is 1. The molecular weight excluding hydrogens is 375 g/mol. The second kappa shape index (κ2) is 9.86. The summed E-state index contributed by atoms with van der Waals surface area (Å²) < 4.78 is 43.5. The summed E-state index contributed by atoms with van der Waals surface area (Å²) in [5, 5.41) is 19.6. The summed E-state index contributed by atoms with van der Waals surface area (Å²) in [5.74, 6) is -1.42. The minimum Gasteiger partial charge on any atom is -0.479 e. The number of carbonyl (C=O) groups is 1. The zero-order chi connectivity index (χ0) is 20.7. The lowest BCUT2D eigenvalue weighted by atomic mass is 9.81. The first-order valence-electron chi connectivity index (χ1n) is 9.36. The minimum absolute atomic E-state index is 0.0348. The smallest absolute Gasteiger partial charge is 0.391 e. The van der Waals surface area contributed by atoms with Gasteiger partial charge in [0.05, 0.1) is 25.7 Å². The Kier molecular flexibility index (Phi) is 7.79. The van der Waals surface area contributed by atoms with E-state index in [-0.39, 0.29) is 43.0 Å². The largest absolute Gasteiger partial charge is 0.479 e. The zero-order valence-electron chi connectivity index (χ0n) is 16.0. The molecule has 9 heteroatoms. The highest BCUT2D eigenvalue weighted by Crippen LogP contribution is 2.40. The summed E-state index contributed by atoms with van der Waals surface area (Å²) in [4.78, 5) is 12.3. The van der Waals surface area contributed by atoms with E-state index in [0.717, 1.165) is 0 Å². The van der Waals surface area contributed by atoms with Crippen molar-refractivity contribution >= 4 is 12.0 Å². The number of aromatic nitrogens is 2. The molecule has 0 saturated heterocycles. The van der Waals surface area contributed by atoms with Crippen LogP contribution in [0.4, 0.5) is 13.2 Å². The van der Waals surface area contributed by atoms with Crippen molar-refractivity contribution in [2.75, 3.05) is 13.7 Å². The normalized spacial score (nSPS) is 21.5. The van der Waals surface area contributed by atoms with Gasteiger partial charge in [-0.1, -0.05) is 19.1 Å². The van der Waals surface area contributed by atoms with Crippen molar-refractivity contribution < 1.29 is 27.8 Å². The van der Waals surface area contributed by atoms with Crippen LogP contribution in [0.5, 0.6) is 5.88 Å². The number of aliphatic hydroxyl groups is 1. The van der Waals surface area contributed by atoms with Crippen LogP contribution in [-0.2, 0) is 0 Å². The maximum absolute atomic E-state index is 12.8. The van der Waals surface area contributed by atoms with Gasteiger partial charge >= 0.3 is 6.18 Å². The van der Waals surface area contributed by atoms with Gasteiger partial charge in [-0.3, -0.25) is 4.79 Å². The Balaban J connectivity index is 2.08. The lowest BCUT2D eigenvalue weighted by Crippen LogP contribution is -2.37. The number of ether oxygens (including phenoxy) is 1. The third-order valence-corrected chi connectivity index (χ3v) is 5.04. The molecule has 156 valence electrons. The van der Waals surface area contributed by atoms with Gasteiger partial charge in [-0.15, -0.1) is 10.2 Å². The van der Waals surface area contributed by atoms with Gasteiger partial charge in [-0.05, 0) is 44.1 Å². The molecule has 2 rings (SSSR count). The Hall–Kier alpha value is -2.16.